The minimum atomic E-state index is -0.00988. The van der Waals surface area contributed by atoms with Gasteiger partial charge in [-0.3, -0.25) is 9.36 Å². The van der Waals surface area contributed by atoms with Gasteiger partial charge in [0.25, 0.3) is 5.56 Å². The number of H-pyrrole nitrogens is 1. The second kappa shape index (κ2) is 13.4. The molecular weight excluding hydrogens is 510 g/mol. The van der Waals surface area contributed by atoms with Gasteiger partial charge in [0.2, 0.25) is 5.82 Å². The number of aromatic amines is 1. The van der Waals surface area contributed by atoms with Crippen molar-refractivity contribution >= 4 is 54.9 Å². The van der Waals surface area contributed by atoms with Gasteiger partial charge >= 0.3 is 37.7 Å². The first-order valence-electron chi connectivity index (χ1n) is 12.1. The van der Waals surface area contributed by atoms with Crippen LogP contribution in [0.3, 0.4) is 0 Å². The smallest absolute Gasteiger partial charge is 0.372 e. The van der Waals surface area contributed by atoms with Crippen molar-refractivity contribution in [3.8, 4) is 22.5 Å². The van der Waals surface area contributed by atoms with Gasteiger partial charge < -0.3 is 4.90 Å². The quantitative estimate of drug-likeness (QED) is 0.254. The van der Waals surface area contributed by atoms with Gasteiger partial charge in [-0.05, 0) is 35.2 Å². The third-order valence-corrected chi connectivity index (χ3v) is 6.76. The molecule has 4 rings (SSSR count). The molecule has 0 aliphatic rings. The third-order valence-electron chi connectivity index (χ3n) is 6.25. The van der Waals surface area contributed by atoms with Crippen LogP contribution in [-0.2, 0) is 19.4 Å². The second-order valence-corrected chi connectivity index (χ2v) is 9.50. The SMILES string of the molecule is CCCCc1nc(C)c(CC(=S)N(C)C)c(=O)n1Cc1ccc(-c2ccccc2-c2nn[nH]n2)cc1.[Ca+2]. The van der Waals surface area contributed by atoms with Crippen molar-refractivity contribution in [3.63, 3.8) is 0 Å². The van der Waals surface area contributed by atoms with Crippen LogP contribution in [0.15, 0.2) is 53.3 Å². The zero-order valence-electron chi connectivity index (χ0n) is 21.9. The van der Waals surface area contributed by atoms with E-state index < -0.39 is 0 Å². The van der Waals surface area contributed by atoms with Crippen molar-refractivity contribution in [2.75, 3.05) is 14.1 Å². The molecule has 0 amide bonds. The average Bonchev–Trinajstić information content (AvgIpc) is 3.42. The van der Waals surface area contributed by atoms with Crippen LogP contribution in [0, 0.1) is 6.92 Å². The minimum Gasteiger partial charge on any atom is -0.372 e. The summed E-state index contributed by atoms with van der Waals surface area (Å²) < 4.78 is 1.82. The number of thiocarbonyl (C=S) groups is 1. The summed E-state index contributed by atoms with van der Waals surface area (Å²) in [4.78, 5) is 21.1. The largest absolute Gasteiger partial charge is 2.00 e. The molecule has 10 heteroatoms. The number of nitrogens with zero attached hydrogens (tertiary/aromatic N) is 6. The Morgan fingerprint density at radius 2 is 1.78 bits per heavy atom. The van der Waals surface area contributed by atoms with Gasteiger partial charge in [0.15, 0.2) is 0 Å². The van der Waals surface area contributed by atoms with Gasteiger partial charge in [0.05, 0.1) is 11.5 Å². The van der Waals surface area contributed by atoms with Crippen molar-refractivity contribution in [1.29, 1.82) is 0 Å². The van der Waals surface area contributed by atoms with Gasteiger partial charge in [0, 0.05) is 43.8 Å². The van der Waals surface area contributed by atoms with Crippen LogP contribution >= 0.6 is 12.2 Å². The van der Waals surface area contributed by atoms with Crippen LogP contribution in [0.2, 0.25) is 0 Å². The summed E-state index contributed by atoms with van der Waals surface area (Å²) >= 11 is 5.49. The Morgan fingerprint density at radius 1 is 1.08 bits per heavy atom. The second-order valence-electron chi connectivity index (χ2n) is 9.03. The number of rotatable bonds is 9. The molecule has 0 bridgehead atoms. The van der Waals surface area contributed by atoms with Gasteiger partial charge in [-0.25, -0.2) is 4.98 Å². The van der Waals surface area contributed by atoms with E-state index in [2.05, 4.69) is 51.8 Å². The molecule has 2 aromatic heterocycles. The van der Waals surface area contributed by atoms with Crippen LogP contribution in [0.5, 0.6) is 0 Å². The molecule has 0 aliphatic carbocycles. The molecule has 0 fully saturated rings. The Balaban J connectivity index is 0.00000380. The van der Waals surface area contributed by atoms with E-state index in [1.165, 1.54) is 0 Å². The zero-order chi connectivity index (χ0) is 25.7. The monoisotopic (exact) mass is 541 g/mol. The van der Waals surface area contributed by atoms with E-state index in [1.54, 1.807) is 0 Å². The topological polar surface area (TPSA) is 92.6 Å². The zero-order valence-corrected chi connectivity index (χ0v) is 24.9. The molecule has 186 valence electrons. The maximum atomic E-state index is 13.6. The number of benzene rings is 2. The molecule has 4 aromatic rings. The molecule has 2 heterocycles. The van der Waals surface area contributed by atoms with Gasteiger partial charge in [0.1, 0.15) is 5.82 Å². The predicted octanol–water partition coefficient (Wildman–Crippen LogP) is 3.84. The van der Waals surface area contributed by atoms with E-state index >= 15 is 0 Å². The summed E-state index contributed by atoms with van der Waals surface area (Å²) in [6.45, 7) is 4.51. The van der Waals surface area contributed by atoms with Crippen molar-refractivity contribution < 1.29 is 0 Å². The standard InChI is InChI=1S/C27H31N7OS.Ca/c1-5-6-11-24-28-18(2)23(16-25(36)33(3)4)27(35)34(24)17-19-12-14-20(15-13-19)21-9-7-8-10-22(21)26-29-31-32-30-26;/h7-10,12-15H,5-6,11,16-17H2,1-4H3,(H,29,30,31,32);/q;+2. The summed E-state index contributed by atoms with van der Waals surface area (Å²) in [5.74, 6) is 1.38. The number of hydrogen-bond acceptors (Lipinski definition) is 6. The summed E-state index contributed by atoms with van der Waals surface area (Å²) in [7, 11) is 3.80. The van der Waals surface area contributed by atoms with E-state index in [0.29, 0.717) is 24.4 Å². The first-order valence-corrected chi connectivity index (χ1v) is 12.5. The van der Waals surface area contributed by atoms with Gasteiger partial charge in [-0.15, -0.1) is 10.2 Å². The molecule has 0 atom stereocenters. The minimum absolute atomic E-state index is 0. The summed E-state index contributed by atoms with van der Waals surface area (Å²) in [5, 5.41) is 14.5. The normalized spacial score (nSPS) is 10.7. The van der Waals surface area contributed by atoms with Crippen LogP contribution < -0.4 is 5.56 Å². The van der Waals surface area contributed by atoms with Crippen molar-refractivity contribution in [2.45, 2.75) is 46.1 Å². The molecular formula is C27H31CaN7OS+2. The van der Waals surface area contributed by atoms with Crippen molar-refractivity contribution in [3.05, 3.63) is 81.5 Å². The number of unbranched alkanes of at least 4 members (excludes halogenated alkanes) is 1. The Morgan fingerprint density at radius 3 is 2.41 bits per heavy atom. The van der Waals surface area contributed by atoms with E-state index in [9.17, 15) is 4.79 Å². The molecule has 0 aliphatic heterocycles. The van der Waals surface area contributed by atoms with Crippen LogP contribution in [0.4, 0.5) is 0 Å². The van der Waals surface area contributed by atoms with Crippen LogP contribution in [0.1, 0.15) is 42.4 Å². The molecule has 1 N–H and O–H groups in total. The van der Waals surface area contributed by atoms with E-state index in [1.807, 2.05) is 54.8 Å². The fourth-order valence-corrected chi connectivity index (χ4v) is 4.28. The molecule has 8 nitrogen and oxygen atoms in total. The summed E-state index contributed by atoms with van der Waals surface area (Å²) in [5.41, 5.74) is 5.41. The van der Waals surface area contributed by atoms with E-state index in [4.69, 9.17) is 17.2 Å². The fraction of sp³-hybridized carbons (Fsp3) is 0.333. The van der Waals surface area contributed by atoms with Gasteiger partial charge in [-0.2, -0.15) is 5.21 Å². The van der Waals surface area contributed by atoms with E-state index in [0.717, 1.165) is 58.0 Å². The molecule has 0 saturated heterocycles. The maximum absolute atomic E-state index is 13.6. The first-order chi connectivity index (χ1) is 17.4. The van der Waals surface area contributed by atoms with Crippen molar-refractivity contribution in [1.82, 2.24) is 35.1 Å². The number of aryl methyl sites for hydroxylation is 2. The number of aromatic nitrogens is 6. The Bertz CT molecular complexity index is 1400. The molecule has 0 unspecified atom stereocenters. The first kappa shape index (κ1) is 29.1. The van der Waals surface area contributed by atoms with Crippen LogP contribution in [0.25, 0.3) is 22.5 Å². The Hall–Kier alpha value is -2.46. The molecule has 37 heavy (non-hydrogen) atoms. The summed E-state index contributed by atoms with van der Waals surface area (Å²) in [6.07, 6.45) is 3.20. The number of hydrogen-bond donors (Lipinski definition) is 1. The summed E-state index contributed by atoms with van der Waals surface area (Å²) in [6, 6.07) is 16.2. The molecule has 0 radical (unpaired) electrons. The van der Waals surface area contributed by atoms with E-state index in [-0.39, 0.29) is 43.3 Å². The van der Waals surface area contributed by atoms with Crippen LogP contribution in [-0.4, -0.2) is 91.9 Å². The number of likely N-dealkylation sites (N-methyl/N-ethyl adjacent to an activating group) is 1. The third kappa shape index (κ3) is 6.90. The number of tetrazole rings is 1. The van der Waals surface area contributed by atoms with Gasteiger partial charge in [-0.1, -0.05) is 74.1 Å². The number of nitrogens with one attached hydrogen (secondary N) is 1. The Labute approximate surface area is 252 Å². The van der Waals surface area contributed by atoms with Crippen molar-refractivity contribution in [2.24, 2.45) is 0 Å². The fourth-order valence-electron chi connectivity index (χ4n) is 4.14. The predicted molar refractivity (Wildman–Crippen MR) is 152 cm³/mol. The Kier molecular flexibility index (Phi) is 10.5. The molecule has 0 spiro atoms. The maximum Gasteiger partial charge on any atom is 2.00 e. The molecule has 0 saturated carbocycles. The average molecular weight is 542 g/mol. The molecule has 2 aromatic carbocycles.